The van der Waals surface area contributed by atoms with E-state index in [1.165, 1.54) is 6.42 Å². The molecule has 1 heterocycles. The summed E-state index contributed by atoms with van der Waals surface area (Å²) in [5.41, 5.74) is 0.903. The molecule has 0 saturated carbocycles. The van der Waals surface area contributed by atoms with E-state index >= 15 is 0 Å². The zero-order valence-corrected chi connectivity index (χ0v) is 6.34. The van der Waals surface area contributed by atoms with Gasteiger partial charge in [0.1, 0.15) is 6.29 Å². The molecule has 56 valence electrons. The van der Waals surface area contributed by atoms with E-state index in [4.69, 9.17) is 0 Å². The van der Waals surface area contributed by atoms with Gasteiger partial charge < -0.3 is 0 Å². The van der Waals surface area contributed by atoms with E-state index in [0.29, 0.717) is 0 Å². The Bertz CT molecular complexity index is 147. The van der Waals surface area contributed by atoms with Crippen molar-refractivity contribution in [3.05, 3.63) is 11.6 Å². The van der Waals surface area contributed by atoms with Crippen molar-refractivity contribution in [3.8, 4) is 0 Å². The van der Waals surface area contributed by atoms with Crippen LogP contribution in [-0.4, -0.2) is 30.8 Å². The number of likely N-dealkylation sites (tertiary alicyclic amines) is 1. The smallest absolute Gasteiger partial charge is 0.146 e. The van der Waals surface area contributed by atoms with Crippen molar-refractivity contribution in [1.29, 1.82) is 0 Å². The molecule has 1 fully saturated rings. The van der Waals surface area contributed by atoms with Crippen molar-refractivity contribution in [2.75, 3.05) is 19.6 Å². The average molecular weight is 139 g/mol. The molecule has 0 aliphatic carbocycles. The van der Waals surface area contributed by atoms with Gasteiger partial charge in [-0.25, -0.2) is 0 Å². The normalized spacial score (nSPS) is 20.3. The molecule has 0 unspecified atom stereocenters. The van der Waals surface area contributed by atoms with Crippen molar-refractivity contribution in [3.63, 3.8) is 0 Å². The second-order valence-corrected chi connectivity index (χ2v) is 2.61. The van der Waals surface area contributed by atoms with Gasteiger partial charge in [0.2, 0.25) is 0 Å². The van der Waals surface area contributed by atoms with Crippen molar-refractivity contribution in [2.45, 2.75) is 13.3 Å². The van der Waals surface area contributed by atoms with Crippen molar-refractivity contribution < 1.29 is 4.79 Å². The quantitative estimate of drug-likeness (QED) is 0.426. The van der Waals surface area contributed by atoms with Crippen LogP contribution in [-0.2, 0) is 4.79 Å². The van der Waals surface area contributed by atoms with Crippen LogP contribution in [0.25, 0.3) is 0 Å². The number of carbonyl (C=O) groups excluding carboxylic acids is 1. The first kappa shape index (κ1) is 7.48. The van der Waals surface area contributed by atoms with Crippen molar-refractivity contribution >= 4 is 6.29 Å². The van der Waals surface area contributed by atoms with Crippen molar-refractivity contribution in [2.24, 2.45) is 0 Å². The van der Waals surface area contributed by atoms with Crippen LogP contribution in [0.1, 0.15) is 13.3 Å². The van der Waals surface area contributed by atoms with E-state index in [-0.39, 0.29) is 0 Å². The molecule has 1 aliphatic rings. The Labute approximate surface area is 61.5 Å². The lowest BCUT2D eigenvalue weighted by Crippen LogP contribution is -2.38. The first-order valence-electron chi connectivity index (χ1n) is 3.69. The molecule has 1 aliphatic heterocycles. The molecule has 1 rings (SSSR count). The molecular weight excluding hydrogens is 126 g/mol. The number of allylic oxidation sites excluding steroid dienone is 1. The maximum absolute atomic E-state index is 10.3. The number of nitrogens with zero attached hydrogens (tertiary/aromatic N) is 1. The van der Waals surface area contributed by atoms with E-state index < -0.39 is 0 Å². The van der Waals surface area contributed by atoms with E-state index in [9.17, 15) is 4.79 Å². The van der Waals surface area contributed by atoms with Crippen LogP contribution >= 0.6 is 0 Å². The molecule has 2 nitrogen and oxygen atoms in total. The Kier molecular flexibility index (Phi) is 2.63. The van der Waals surface area contributed by atoms with Gasteiger partial charge in [-0.05, 0) is 26.4 Å². The summed E-state index contributed by atoms with van der Waals surface area (Å²) in [7, 11) is 0. The molecule has 0 aromatic carbocycles. The summed E-state index contributed by atoms with van der Waals surface area (Å²) in [4.78, 5) is 12.6. The van der Waals surface area contributed by atoms with Gasteiger partial charge >= 0.3 is 0 Å². The Balaban J connectivity index is 2.27. The maximum Gasteiger partial charge on any atom is 0.146 e. The highest BCUT2D eigenvalue weighted by Gasteiger charge is 2.13. The number of hydrogen-bond donors (Lipinski definition) is 0. The lowest BCUT2D eigenvalue weighted by Gasteiger charge is -2.30. The highest BCUT2D eigenvalue weighted by Crippen LogP contribution is 2.07. The predicted molar refractivity (Wildman–Crippen MR) is 40.9 cm³/mol. The van der Waals surface area contributed by atoms with Crippen LogP contribution in [0.3, 0.4) is 0 Å². The van der Waals surface area contributed by atoms with Gasteiger partial charge in [0.25, 0.3) is 0 Å². The lowest BCUT2D eigenvalue weighted by molar-refractivity contribution is -0.105. The highest BCUT2D eigenvalue weighted by molar-refractivity contribution is 5.73. The Hall–Kier alpha value is -0.630. The van der Waals surface area contributed by atoms with E-state index in [2.05, 4.69) is 4.90 Å². The third-order valence-corrected chi connectivity index (χ3v) is 1.88. The summed E-state index contributed by atoms with van der Waals surface area (Å²) in [6.07, 6.45) is 4.11. The fourth-order valence-corrected chi connectivity index (χ4v) is 0.995. The van der Waals surface area contributed by atoms with E-state index in [1.54, 1.807) is 0 Å². The standard InChI is InChI=1S/C8H13NO/c1-2-8(7-10)6-9-4-3-5-9/h2,7H,3-6H2,1H3/b8-2+. The van der Waals surface area contributed by atoms with Crippen LogP contribution < -0.4 is 0 Å². The van der Waals surface area contributed by atoms with Gasteiger partial charge in [0.15, 0.2) is 0 Å². The monoisotopic (exact) mass is 139 g/mol. The molecule has 0 atom stereocenters. The first-order valence-corrected chi connectivity index (χ1v) is 3.69. The Morgan fingerprint density at radius 2 is 2.30 bits per heavy atom. The lowest BCUT2D eigenvalue weighted by atomic mass is 10.2. The minimum Gasteiger partial charge on any atom is -0.299 e. The molecule has 10 heavy (non-hydrogen) atoms. The SMILES string of the molecule is C/C=C(/C=O)CN1CCC1. The Morgan fingerprint density at radius 1 is 1.60 bits per heavy atom. The molecule has 0 N–H and O–H groups in total. The van der Waals surface area contributed by atoms with E-state index in [1.807, 2.05) is 13.0 Å². The second kappa shape index (κ2) is 3.52. The number of hydrogen-bond acceptors (Lipinski definition) is 2. The van der Waals surface area contributed by atoms with Gasteiger partial charge in [-0.1, -0.05) is 6.08 Å². The van der Waals surface area contributed by atoms with Crippen LogP contribution in [0, 0.1) is 0 Å². The molecule has 1 saturated heterocycles. The number of rotatable bonds is 3. The molecule has 0 amide bonds. The molecule has 0 aromatic heterocycles. The first-order chi connectivity index (χ1) is 4.86. The third-order valence-electron chi connectivity index (χ3n) is 1.88. The molecule has 0 bridgehead atoms. The summed E-state index contributed by atoms with van der Waals surface area (Å²) < 4.78 is 0. The minimum absolute atomic E-state index is 0.847. The van der Waals surface area contributed by atoms with Gasteiger partial charge in [-0.2, -0.15) is 0 Å². The molecular formula is C8H13NO. The summed E-state index contributed by atoms with van der Waals surface area (Å²) in [6.45, 7) is 5.07. The van der Waals surface area contributed by atoms with Crippen LogP contribution in [0.5, 0.6) is 0 Å². The summed E-state index contributed by atoms with van der Waals surface area (Å²) in [6, 6.07) is 0. The zero-order valence-electron chi connectivity index (χ0n) is 6.34. The fraction of sp³-hybridized carbons (Fsp3) is 0.625. The van der Waals surface area contributed by atoms with E-state index in [0.717, 1.165) is 31.5 Å². The third kappa shape index (κ3) is 1.67. The summed E-state index contributed by atoms with van der Waals surface area (Å²) >= 11 is 0. The van der Waals surface area contributed by atoms with Gasteiger partial charge in [0.05, 0.1) is 0 Å². The predicted octanol–water partition coefficient (Wildman–Crippen LogP) is 0.837. The number of carbonyl (C=O) groups is 1. The van der Waals surface area contributed by atoms with Crippen LogP contribution in [0.15, 0.2) is 11.6 Å². The van der Waals surface area contributed by atoms with Crippen molar-refractivity contribution in [1.82, 2.24) is 4.90 Å². The molecule has 2 heteroatoms. The van der Waals surface area contributed by atoms with Gasteiger partial charge in [-0.3, -0.25) is 9.69 Å². The van der Waals surface area contributed by atoms with Crippen LogP contribution in [0.4, 0.5) is 0 Å². The largest absolute Gasteiger partial charge is 0.299 e. The van der Waals surface area contributed by atoms with Gasteiger partial charge in [-0.15, -0.1) is 0 Å². The minimum atomic E-state index is 0.847. The van der Waals surface area contributed by atoms with Gasteiger partial charge in [0, 0.05) is 12.1 Å². The topological polar surface area (TPSA) is 20.3 Å². The molecule has 0 spiro atoms. The summed E-state index contributed by atoms with van der Waals surface area (Å²) in [5.74, 6) is 0. The second-order valence-electron chi connectivity index (χ2n) is 2.61. The zero-order chi connectivity index (χ0) is 7.40. The van der Waals surface area contributed by atoms with Crippen LogP contribution in [0.2, 0.25) is 0 Å². The summed E-state index contributed by atoms with van der Waals surface area (Å²) in [5, 5.41) is 0. The molecule has 0 radical (unpaired) electrons. The Morgan fingerprint density at radius 3 is 2.60 bits per heavy atom. The average Bonchev–Trinajstić information content (AvgIpc) is 1.87. The number of aldehydes is 1. The maximum atomic E-state index is 10.3. The fourth-order valence-electron chi connectivity index (χ4n) is 0.995. The highest BCUT2D eigenvalue weighted by atomic mass is 16.1. The molecule has 0 aromatic rings.